The molecule has 0 bridgehead atoms. The van der Waals surface area contributed by atoms with Gasteiger partial charge in [0.15, 0.2) is 5.78 Å². The van der Waals surface area contributed by atoms with Crippen LogP contribution in [0.4, 0.5) is 0 Å². The van der Waals surface area contributed by atoms with Gasteiger partial charge in [-0.15, -0.1) is 0 Å². The number of ketones is 1. The molecule has 1 aromatic carbocycles. The first-order valence-electron chi connectivity index (χ1n) is 5.66. The minimum atomic E-state index is 0.253. The normalized spacial score (nSPS) is 13.9. The Labute approximate surface area is 95.8 Å². The zero-order chi connectivity index (χ0) is 11.4. The van der Waals surface area contributed by atoms with Crippen LogP contribution in [0, 0.1) is 11.8 Å². The highest BCUT2D eigenvalue weighted by Crippen LogP contribution is 2.21. The fourth-order valence-corrected chi connectivity index (χ4v) is 1.94. The molecule has 82 valence electrons. The second kappa shape index (κ2) is 4.96. The van der Waals surface area contributed by atoms with E-state index < -0.39 is 0 Å². The molecular weight excluding hydrogens is 198 g/mol. The zero-order valence-corrected chi connectivity index (χ0v) is 9.25. The molecule has 16 heavy (non-hydrogen) atoms. The third-order valence-corrected chi connectivity index (χ3v) is 2.76. The minimum Gasteiger partial charge on any atom is -0.330 e. The summed E-state index contributed by atoms with van der Waals surface area (Å²) in [5.41, 5.74) is 8.32. The molecule has 0 atom stereocenters. The van der Waals surface area contributed by atoms with E-state index in [1.807, 2.05) is 18.2 Å². The first-order chi connectivity index (χ1) is 7.81. The molecule has 1 aromatic rings. The summed E-state index contributed by atoms with van der Waals surface area (Å²) >= 11 is 0. The smallest absolute Gasteiger partial charge is 0.163 e. The molecular formula is C14H15NO. The van der Waals surface area contributed by atoms with E-state index in [1.165, 1.54) is 5.56 Å². The number of carbonyl (C=O) groups excluding carboxylic acids is 1. The van der Waals surface area contributed by atoms with Crippen LogP contribution >= 0.6 is 0 Å². The Balaban J connectivity index is 2.28. The number of hydrogen-bond acceptors (Lipinski definition) is 2. The molecule has 2 rings (SSSR count). The average Bonchev–Trinajstić information content (AvgIpc) is 2.30. The number of carbonyl (C=O) groups is 1. The second-order valence-electron chi connectivity index (χ2n) is 3.99. The maximum absolute atomic E-state index is 11.7. The van der Waals surface area contributed by atoms with Crippen molar-refractivity contribution in [1.82, 2.24) is 0 Å². The lowest BCUT2D eigenvalue weighted by Crippen LogP contribution is -2.10. The Morgan fingerprint density at radius 2 is 2.19 bits per heavy atom. The SMILES string of the molecule is NCCC#Cc1ccc2c(c1)C(=O)CCC2. The standard InChI is InChI=1S/C14H15NO/c15-9-2-1-4-11-7-8-12-5-3-6-14(16)13(12)10-11/h7-8,10H,2-3,5-6,9,15H2. The predicted octanol–water partition coefficient (Wildman–Crippen LogP) is 1.91. The van der Waals surface area contributed by atoms with Crippen LogP contribution in [0.25, 0.3) is 0 Å². The van der Waals surface area contributed by atoms with Gasteiger partial charge in [-0.1, -0.05) is 17.9 Å². The maximum atomic E-state index is 11.7. The number of rotatable bonds is 1. The Kier molecular flexibility index (Phi) is 3.38. The van der Waals surface area contributed by atoms with Crippen molar-refractivity contribution in [3.8, 4) is 11.8 Å². The zero-order valence-electron chi connectivity index (χ0n) is 9.25. The van der Waals surface area contributed by atoms with Crippen molar-refractivity contribution in [2.45, 2.75) is 25.7 Å². The van der Waals surface area contributed by atoms with Gasteiger partial charge in [0.25, 0.3) is 0 Å². The third kappa shape index (κ3) is 2.32. The molecule has 1 aliphatic carbocycles. The van der Waals surface area contributed by atoms with Crippen LogP contribution in [-0.4, -0.2) is 12.3 Å². The molecule has 0 saturated heterocycles. The molecule has 0 spiro atoms. The number of hydrogen-bond donors (Lipinski definition) is 1. The van der Waals surface area contributed by atoms with E-state index in [9.17, 15) is 4.79 Å². The van der Waals surface area contributed by atoms with Crippen molar-refractivity contribution in [1.29, 1.82) is 0 Å². The monoisotopic (exact) mass is 213 g/mol. The van der Waals surface area contributed by atoms with Crippen LogP contribution in [0.1, 0.15) is 40.7 Å². The van der Waals surface area contributed by atoms with Crippen LogP contribution < -0.4 is 5.73 Å². The van der Waals surface area contributed by atoms with Crippen LogP contribution in [0.5, 0.6) is 0 Å². The number of benzene rings is 1. The van der Waals surface area contributed by atoms with Gasteiger partial charge in [-0.05, 0) is 30.5 Å². The first kappa shape index (κ1) is 10.9. The second-order valence-corrected chi connectivity index (χ2v) is 3.99. The Morgan fingerprint density at radius 1 is 1.31 bits per heavy atom. The quantitative estimate of drug-likeness (QED) is 0.724. The van der Waals surface area contributed by atoms with Crippen molar-refractivity contribution < 1.29 is 4.79 Å². The van der Waals surface area contributed by atoms with Gasteiger partial charge in [-0.3, -0.25) is 4.79 Å². The van der Waals surface area contributed by atoms with Crippen molar-refractivity contribution in [3.05, 3.63) is 34.9 Å². The summed E-state index contributed by atoms with van der Waals surface area (Å²) < 4.78 is 0. The van der Waals surface area contributed by atoms with E-state index in [4.69, 9.17) is 5.73 Å². The molecule has 1 aliphatic rings. The van der Waals surface area contributed by atoms with E-state index in [0.29, 0.717) is 19.4 Å². The van der Waals surface area contributed by atoms with E-state index in [1.54, 1.807) is 0 Å². The van der Waals surface area contributed by atoms with E-state index in [0.717, 1.165) is 24.0 Å². The van der Waals surface area contributed by atoms with Crippen LogP contribution in [0.3, 0.4) is 0 Å². The molecule has 0 unspecified atom stereocenters. The summed E-state index contributed by atoms with van der Waals surface area (Å²) in [6.45, 7) is 0.580. The summed E-state index contributed by atoms with van der Waals surface area (Å²) in [5.74, 6) is 6.27. The number of fused-ring (bicyclic) bond motifs is 1. The lowest BCUT2D eigenvalue weighted by Gasteiger charge is -2.14. The van der Waals surface area contributed by atoms with Crippen LogP contribution in [0.2, 0.25) is 0 Å². The van der Waals surface area contributed by atoms with Crippen LogP contribution in [0.15, 0.2) is 18.2 Å². The van der Waals surface area contributed by atoms with E-state index >= 15 is 0 Å². The maximum Gasteiger partial charge on any atom is 0.163 e. The van der Waals surface area contributed by atoms with Crippen molar-refractivity contribution in [2.75, 3.05) is 6.54 Å². The minimum absolute atomic E-state index is 0.253. The predicted molar refractivity (Wildman–Crippen MR) is 64.3 cm³/mol. The van der Waals surface area contributed by atoms with Gasteiger partial charge in [0, 0.05) is 30.5 Å². The highest BCUT2D eigenvalue weighted by atomic mass is 16.1. The van der Waals surface area contributed by atoms with E-state index in [-0.39, 0.29) is 5.78 Å². The largest absolute Gasteiger partial charge is 0.330 e. The molecule has 2 heteroatoms. The number of aryl methyl sites for hydroxylation is 1. The van der Waals surface area contributed by atoms with Gasteiger partial charge in [0.2, 0.25) is 0 Å². The topological polar surface area (TPSA) is 43.1 Å². The molecule has 2 nitrogen and oxygen atoms in total. The molecule has 0 amide bonds. The number of nitrogens with two attached hydrogens (primary N) is 1. The lowest BCUT2D eigenvalue weighted by molar-refractivity contribution is 0.0972. The highest BCUT2D eigenvalue weighted by molar-refractivity contribution is 5.98. The van der Waals surface area contributed by atoms with Gasteiger partial charge >= 0.3 is 0 Å². The molecule has 0 heterocycles. The molecule has 0 aromatic heterocycles. The summed E-state index contributed by atoms with van der Waals surface area (Å²) in [7, 11) is 0. The lowest BCUT2D eigenvalue weighted by atomic mass is 9.89. The average molecular weight is 213 g/mol. The summed E-state index contributed by atoms with van der Waals surface area (Å²) in [6.07, 6.45) is 3.36. The molecule has 0 aliphatic heterocycles. The van der Waals surface area contributed by atoms with Crippen molar-refractivity contribution >= 4 is 5.78 Å². The Hall–Kier alpha value is -1.59. The van der Waals surface area contributed by atoms with Crippen molar-refractivity contribution in [2.24, 2.45) is 5.73 Å². The first-order valence-corrected chi connectivity index (χ1v) is 5.66. The van der Waals surface area contributed by atoms with Crippen LogP contribution in [-0.2, 0) is 6.42 Å². The third-order valence-electron chi connectivity index (χ3n) is 2.76. The summed E-state index contributed by atoms with van der Waals surface area (Å²) in [4.78, 5) is 11.7. The van der Waals surface area contributed by atoms with Gasteiger partial charge < -0.3 is 5.73 Å². The van der Waals surface area contributed by atoms with Gasteiger partial charge in [0.1, 0.15) is 0 Å². The Morgan fingerprint density at radius 3 is 3.00 bits per heavy atom. The van der Waals surface area contributed by atoms with Crippen molar-refractivity contribution in [3.63, 3.8) is 0 Å². The van der Waals surface area contributed by atoms with Gasteiger partial charge in [-0.25, -0.2) is 0 Å². The highest BCUT2D eigenvalue weighted by Gasteiger charge is 2.16. The summed E-state index contributed by atoms with van der Waals surface area (Å²) in [5, 5.41) is 0. The fourth-order valence-electron chi connectivity index (χ4n) is 1.94. The number of Topliss-reactive ketones (excluding diaryl/α,β-unsaturated/α-hetero) is 1. The summed E-state index contributed by atoms with van der Waals surface area (Å²) in [6, 6.07) is 5.93. The molecule has 2 N–H and O–H groups in total. The fraction of sp³-hybridized carbons (Fsp3) is 0.357. The van der Waals surface area contributed by atoms with Gasteiger partial charge in [0.05, 0.1) is 0 Å². The Bertz CT molecular complexity index is 465. The molecule has 0 saturated carbocycles. The van der Waals surface area contributed by atoms with E-state index in [2.05, 4.69) is 11.8 Å². The van der Waals surface area contributed by atoms with Gasteiger partial charge in [-0.2, -0.15) is 0 Å². The molecule has 0 fully saturated rings. The molecule has 0 radical (unpaired) electrons.